The molecule has 1 aromatic heterocycles. The summed E-state index contributed by atoms with van der Waals surface area (Å²) in [6.07, 6.45) is 3.65. The maximum atomic E-state index is 13.2. The Kier molecular flexibility index (Phi) is 9.18. The van der Waals surface area contributed by atoms with Gasteiger partial charge in [0, 0.05) is 46.4 Å². The minimum absolute atomic E-state index is 0. The highest BCUT2D eigenvalue weighted by Gasteiger charge is 2.33. The van der Waals surface area contributed by atoms with Crippen LogP contribution in [0.4, 0.5) is 4.39 Å². The van der Waals surface area contributed by atoms with Gasteiger partial charge in [-0.15, -0.1) is 0 Å². The molecule has 224 valence electrons. The van der Waals surface area contributed by atoms with Crippen LogP contribution in [0.5, 0.6) is 5.75 Å². The van der Waals surface area contributed by atoms with Crippen LogP contribution >= 0.6 is 0 Å². The van der Waals surface area contributed by atoms with Crippen molar-refractivity contribution in [3.05, 3.63) is 89.5 Å². The Hall–Kier alpha value is -3.83. The van der Waals surface area contributed by atoms with Gasteiger partial charge in [0.05, 0.1) is 22.8 Å². The third-order valence-corrected chi connectivity index (χ3v) is 10.3. The predicted molar refractivity (Wildman–Crippen MR) is 158 cm³/mol. The van der Waals surface area contributed by atoms with E-state index in [-0.39, 0.29) is 55.8 Å². The van der Waals surface area contributed by atoms with Crippen LogP contribution < -0.4 is 10.1 Å². The molecule has 0 atom stereocenters. The quantitative estimate of drug-likeness (QED) is 0.393. The fourth-order valence-corrected chi connectivity index (χ4v) is 7.27. The summed E-state index contributed by atoms with van der Waals surface area (Å²) < 4.78 is 44.4. The average Bonchev–Trinajstić information content (AvgIpc) is 3.02. The smallest absolute Gasteiger partial charge is 0.272 e. The van der Waals surface area contributed by atoms with Crippen LogP contribution in [0, 0.1) is 5.82 Å². The molecular formula is C31H37FN4O5S. The van der Waals surface area contributed by atoms with Crippen molar-refractivity contribution in [1.82, 2.24) is 20.1 Å². The Morgan fingerprint density at radius 3 is 2.36 bits per heavy atom. The minimum Gasteiger partial charge on any atom is -0.497 e. The van der Waals surface area contributed by atoms with Gasteiger partial charge in [-0.3, -0.25) is 19.5 Å². The number of sulfone groups is 1. The average molecular weight is 597 g/mol. The number of piperidine rings is 2. The molecule has 11 heteroatoms. The topological polar surface area (TPSA) is 109 Å². The van der Waals surface area contributed by atoms with Crippen LogP contribution in [-0.2, 0) is 16.4 Å². The number of amides is 2. The fraction of sp³-hybridized carbons (Fsp3) is 0.387. The molecule has 2 aliphatic heterocycles. The number of ether oxygens (including phenoxy) is 1. The number of carbonyl (C=O) groups excluding carboxylic acids is 2. The third-order valence-electron chi connectivity index (χ3n) is 8.02. The molecule has 0 bridgehead atoms. The standard InChI is InChI=1S/C31H35FN4O5S.H2/c1-41-26-4-2-3-22(19-26)21-35-15-11-25(12-16-35)34-30(37)23-5-10-29(33-20-23)31(38)36-17-13-28(14-18-36)42(39,40)27-8-6-24(32)7-9-27;/h2-10,19-20,25,28H,11-18,21H2,1H3,(H,34,37);1H. The lowest BCUT2D eigenvalue weighted by atomic mass is 10.0. The van der Waals surface area contributed by atoms with Crippen LogP contribution in [0.1, 0.15) is 53.5 Å². The summed E-state index contributed by atoms with van der Waals surface area (Å²) in [4.78, 5) is 34.1. The van der Waals surface area contributed by atoms with Crippen LogP contribution in [0.25, 0.3) is 0 Å². The van der Waals surface area contributed by atoms with Crippen molar-refractivity contribution in [1.29, 1.82) is 0 Å². The second-order valence-corrected chi connectivity index (χ2v) is 13.0. The predicted octanol–water partition coefficient (Wildman–Crippen LogP) is 3.95. The number of likely N-dealkylation sites (tertiary alicyclic amines) is 2. The van der Waals surface area contributed by atoms with Crippen molar-refractivity contribution >= 4 is 21.7 Å². The highest BCUT2D eigenvalue weighted by atomic mass is 32.2. The second-order valence-electron chi connectivity index (χ2n) is 10.8. The maximum absolute atomic E-state index is 13.2. The van der Waals surface area contributed by atoms with Gasteiger partial charge in [-0.2, -0.15) is 0 Å². The number of methoxy groups -OCH3 is 1. The number of nitrogens with one attached hydrogen (secondary N) is 1. The summed E-state index contributed by atoms with van der Waals surface area (Å²) in [7, 11) is -1.95. The lowest BCUT2D eigenvalue weighted by Gasteiger charge is -2.32. The first-order chi connectivity index (χ1) is 20.2. The molecule has 9 nitrogen and oxygen atoms in total. The van der Waals surface area contributed by atoms with Gasteiger partial charge in [0.1, 0.15) is 17.3 Å². The molecule has 2 fully saturated rings. The van der Waals surface area contributed by atoms with E-state index in [1.807, 2.05) is 18.2 Å². The summed E-state index contributed by atoms with van der Waals surface area (Å²) in [5.74, 6) is -0.177. The number of carbonyl (C=O) groups is 2. The molecule has 0 radical (unpaired) electrons. The van der Waals surface area contributed by atoms with E-state index < -0.39 is 20.9 Å². The summed E-state index contributed by atoms with van der Waals surface area (Å²) in [6, 6.07) is 16.1. The number of rotatable bonds is 8. The second kappa shape index (κ2) is 13.0. The third kappa shape index (κ3) is 6.96. The lowest BCUT2D eigenvalue weighted by Crippen LogP contribution is -2.44. The molecule has 5 rings (SSSR count). The Labute approximate surface area is 247 Å². The van der Waals surface area contributed by atoms with E-state index in [1.54, 1.807) is 18.1 Å². The molecule has 0 saturated carbocycles. The number of hydrogen-bond donors (Lipinski definition) is 1. The Bertz CT molecular complexity index is 1510. The minimum atomic E-state index is -3.61. The SMILES string of the molecule is COc1cccc(CN2CCC(NC(=O)c3ccc(C(=O)N4CCC(S(=O)(=O)c5ccc(F)cc5)CC4)nc3)CC2)c1.[HH]. The van der Waals surface area contributed by atoms with Crippen LogP contribution in [0.15, 0.2) is 71.8 Å². The Balaban J connectivity index is 0.00000423. The van der Waals surface area contributed by atoms with E-state index in [0.29, 0.717) is 5.56 Å². The van der Waals surface area contributed by atoms with E-state index in [0.717, 1.165) is 50.4 Å². The monoisotopic (exact) mass is 596 g/mol. The number of nitrogens with zero attached hydrogens (tertiary/aromatic N) is 3. The van der Waals surface area contributed by atoms with Gasteiger partial charge < -0.3 is 15.0 Å². The molecule has 0 spiro atoms. The highest BCUT2D eigenvalue weighted by molar-refractivity contribution is 7.92. The Morgan fingerprint density at radius 2 is 1.71 bits per heavy atom. The zero-order valence-electron chi connectivity index (χ0n) is 23.5. The maximum Gasteiger partial charge on any atom is 0.272 e. The van der Waals surface area contributed by atoms with Crippen molar-refractivity contribution in [3.8, 4) is 5.75 Å². The number of halogens is 1. The molecule has 42 heavy (non-hydrogen) atoms. The highest BCUT2D eigenvalue weighted by Crippen LogP contribution is 2.25. The molecule has 0 unspecified atom stereocenters. The van der Waals surface area contributed by atoms with Gasteiger partial charge >= 0.3 is 0 Å². The van der Waals surface area contributed by atoms with Crippen molar-refractivity contribution in [2.45, 2.75) is 48.4 Å². The zero-order valence-corrected chi connectivity index (χ0v) is 24.4. The molecule has 1 N–H and O–H groups in total. The number of pyridine rings is 1. The molecule has 2 aliphatic rings. The van der Waals surface area contributed by atoms with Crippen LogP contribution in [-0.4, -0.2) is 79.6 Å². The first-order valence-electron chi connectivity index (χ1n) is 14.1. The van der Waals surface area contributed by atoms with E-state index in [4.69, 9.17) is 4.74 Å². The lowest BCUT2D eigenvalue weighted by molar-refractivity contribution is 0.0719. The van der Waals surface area contributed by atoms with E-state index in [9.17, 15) is 22.4 Å². The van der Waals surface area contributed by atoms with Gasteiger partial charge in [-0.1, -0.05) is 12.1 Å². The molecule has 2 aromatic carbocycles. The van der Waals surface area contributed by atoms with Crippen LogP contribution in [0.3, 0.4) is 0 Å². The number of benzene rings is 2. The summed E-state index contributed by atoms with van der Waals surface area (Å²) in [6.45, 7) is 3.11. The Morgan fingerprint density at radius 1 is 1.00 bits per heavy atom. The van der Waals surface area contributed by atoms with E-state index in [2.05, 4.69) is 21.3 Å². The molecule has 0 aliphatic carbocycles. The molecule has 2 amide bonds. The number of aromatic nitrogens is 1. The molecule has 3 aromatic rings. The van der Waals surface area contributed by atoms with Crippen molar-refractivity contribution < 1.29 is 28.6 Å². The van der Waals surface area contributed by atoms with Crippen molar-refractivity contribution in [3.63, 3.8) is 0 Å². The zero-order chi connectivity index (χ0) is 29.7. The van der Waals surface area contributed by atoms with Gasteiger partial charge in [0.15, 0.2) is 9.84 Å². The van der Waals surface area contributed by atoms with Crippen molar-refractivity contribution in [2.24, 2.45) is 0 Å². The van der Waals surface area contributed by atoms with Gasteiger partial charge in [0.2, 0.25) is 0 Å². The van der Waals surface area contributed by atoms with E-state index >= 15 is 0 Å². The van der Waals surface area contributed by atoms with Gasteiger partial charge in [-0.25, -0.2) is 12.8 Å². The molecular weight excluding hydrogens is 559 g/mol. The normalized spacial score (nSPS) is 17.1. The van der Waals surface area contributed by atoms with Gasteiger partial charge in [0.25, 0.3) is 11.8 Å². The van der Waals surface area contributed by atoms with Crippen LogP contribution in [0.2, 0.25) is 0 Å². The molecule has 3 heterocycles. The first kappa shape index (κ1) is 29.7. The molecule has 2 saturated heterocycles. The number of hydrogen-bond acceptors (Lipinski definition) is 7. The summed E-state index contributed by atoms with van der Waals surface area (Å²) in [5.41, 5.74) is 1.78. The first-order valence-corrected chi connectivity index (χ1v) is 15.7. The fourth-order valence-electron chi connectivity index (χ4n) is 5.54. The van der Waals surface area contributed by atoms with Gasteiger partial charge in [-0.05, 0) is 79.8 Å². The largest absolute Gasteiger partial charge is 0.497 e. The summed E-state index contributed by atoms with van der Waals surface area (Å²) >= 11 is 0. The van der Waals surface area contributed by atoms with E-state index in [1.165, 1.54) is 30.0 Å². The van der Waals surface area contributed by atoms with Crippen molar-refractivity contribution in [2.75, 3.05) is 33.3 Å². The summed E-state index contributed by atoms with van der Waals surface area (Å²) in [5, 5.41) is 2.45.